The first kappa shape index (κ1) is 9.27. The van der Waals surface area contributed by atoms with E-state index in [0.29, 0.717) is 0 Å². The van der Waals surface area contributed by atoms with E-state index in [2.05, 4.69) is 29.1 Å². The van der Waals surface area contributed by atoms with Crippen molar-refractivity contribution in [1.29, 1.82) is 0 Å². The number of hydrogen-bond acceptors (Lipinski definition) is 1. The molecule has 0 radical (unpaired) electrons. The fourth-order valence-corrected chi connectivity index (χ4v) is 0.934. The minimum Gasteiger partial charge on any atom is -0.359 e. The van der Waals surface area contributed by atoms with Crippen LogP contribution in [-0.2, 0) is 0 Å². The summed E-state index contributed by atoms with van der Waals surface area (Å²) in [5, 5.41) is 3.03. The van der Waals surface area contributed by atoms with Gasteiger partial charge in [0.1, 0.15) is 0 Å². The molecule has 0 aromatic carbocycles. The van der Waals surface area contributed by atoms with Gasteiger partial charge in [0.25, 0.3) is 0 Å². The molecule has 0 aromatic heterocycles. The number of guanidine groups is 1. The summed E-state index contributed by atoms with van der Waals surface area (Å²) < 4.78 is 0. The fourth-order valence-electron chi connectivity index (χ4n) is 0.934. The number of aliphatic imine (C=N–C) groups is 1. The summed E-state index contributed by atoms with van der Waals surface area (Å²) in [6, 6.07) is 0. The third-order valence-corrected chi connectivity index (χ3v) is 1.50. The highest BCUT2D eigenvalue weighted by atomic mass is 15.3. The van der Waals surface area contributed by atoms with Crippen molar-refractivity contribution in [2.24, 2.45) is 4.99 Å². The van der Waals surface area contributed by atoms with E-state index in [4.69, 9.17) is 0 Å². The van der Waals surface area contributed by atoms with Gasteiger partial charge < -0.3 is 10.2 Å². The maximum absolute atomic E-state index is 4.08. The Balaban J connectivity index is 3.97. The lowest BCUT2D eigenvalue weighted by atomic mass is 10.5. The molecule has 0 rings (SSSR count). The van der Waals surface area contributed by atoms with Crippen molar-refractivity contribution in [3.8, 4) is 0 Å². The largest absolute Gasteiger partial charge is 0.359 e. The number of nitrogens with zero attached hydrogens (tertiary/aromatic N) is 2. The molecule has 3 heteroatoms. The quantitative estimate of drug-likeness (QED) is 0.451. The number of hydrogen-bond donors (Lipinski definition) is 1. The van der Waals surface area contributed by atoms with Gasteiger partial charge >= 0.3 is 0 Å². The average molecular weight is 143 g/mol. The molecule has 3 nitrogen and oxygen atoms in total. The zero-order valence-electron chi connectivity index (χ0n) is 7.31. The van der Waals surface area contributed by atoms with Gasteiger partial charge in [0.05, 0.1) is 0 Å². The van der Waals surface area contributed by atoms with Crippen LogP contribution in [-0.4, -0.2) is 38.0 Å². The van der Waals surface area contributed by atoms with Gasteiger partial charge in [0.2, 0.25) is 0 Å². The Hall–Kier alpha value is -0.730. The van der Waals surface area contributed by atoms with Gasteiger partial charge in [-0.05, 0) is 13.8 Å². The lowest BCUT2D eigenvalue weighted by Gasteiger charge is -2.21. The normalized spacial score (nSPS) is 11.4. The van der Waals surface area contributed by atoms with E-state index in [1.165, 1.54) is 0 Å². The van der Waals surface area contributed by atoms with Gasteiger partial charge in [-0.1, -0.05) is 0 Å². The first-order valence-corrected chi connectivity index (χ1v) is 3.69. The molecule has 0 aliphatic carbocycles. The summed E-state index contributed by atoms with van der Waals surface area (Å²) in [6.07, 6.45) is 0. The second-order valence-electron chi connectivity index (χ2n) is 1.97. The molecule has 0 saturated carbocycles. The predicted octanol–water partition coefficient (Wildman–Crippen LogP) is 0.533. The van der Waals surface area contributed by atoms with Crippen molar-refractivity contribution in [1.82, 2.24) is 10.2 Å². The summed E-state index contributed by atoms with van der Waals surface area (Å²) in [4.78, 5) is 6.25. The van der Waals surface area contributed by atoms with E-state index in [-0.39, 0.29) is 0 Å². The van der Waals surface area contributed by atoms with Crippen molar-refractivity contribution in [3.05, 3.63) is 0 Å². The molecule has 10 heavy (non-hydrogen) atoms. The summed E-state index contributed by atoms with van der Waals surface area (Å²) in [5.74, 6) is 0.963. The summed E-state index contributed by atoms with van der Waals surface area (Å²) in [6.45, 7) is 6.24. The third kappa shape index (κ3) is 2.25. The van der Waals surface area contributed by atoms with Gasteiger partial charge in [-0.2, -0.15) is 0 Å². The lowest BCUT2D eigenvalue weighted by molar-refractivity contribution is 0.450. The van der Waals surface area contributed by atoms with Crippen molar-refractivity contribution in [2.45, 2.75) is 13.8 Å². The van der Waals surface area contributed by atoms with Gasteiger partial charge in [-0.25, -0.2) is 0 Å². The SMILES string of the molecule is CCN(CC)C(=NC)NC. The van der Waals surface area contributed by atoms with Crippen molar-refractivity contribution in [2.75, 3.05) is 27.2 Å². The Morgan fingerprint density at radius 2 is 1.90 bits per heavy atom. The van der Waals surface area contributed by atoms with Crippen LogP contribution >= 0.6 is 0 Å². The van der Waals surface area contributed by atoms with E-state index >= 15 is 0 Å². The first-order valence-electron chi connectivity index (χ1n) is 3.69. The maximum atomic E-state index is 4.08. The van der Waals surface area contributed by atoms with Gasteiger partial charge in [0.15, 0.2) is 5.96 Å². The van der Waals surface area contributed by atoms with Gasteiger partial charge in [-0.15, -0.1) is 0 Å². The average Bonchev–Trinajstić information content (AvgIpc) is 2.00. The zero-order chi connectivity index (χ0) is 7.98. The van der Waals surface area contributed by atoms with Crippen molar-refractivity contribution >= 4 is 5.96 Å². The van der Waals surface area contributed by atoms with Crippen LogP contribution in [0.3, 0.4) is 0 Å². The Kier molecular flexibility index (Phi) is 4.72. The second kappa shape index (κ2) is 5.09. The van der Waals surface area contributed by atoms with Gasteiger partial charge in [0, 0.05) is 27.2 Å². The topological polar surface area (TPSA) is 27.6 Å². The predicted molar refractivity (Wildman–Crippen MR) is 45.3 cm³/mol. The second-order valence-corrected chi connectivity index (χ2v) is 1.97. The van der Waals surface area contributed by atoms with Crippen LogP contribution in [0.25, 0.3) is 0 Å². The Labute approximate surface area is 63.1 Å². The molecule has 0 aliphatic rings. The molecule has 0 heterocycles. The minimum absolute atomic E-state index is 0.963. The molecule has 0 fully saturated rings. The highest BCUT2D eigenvalue weighted by molar-refractivity contribution is 5.79. The molecular formula is C7H17N3. The molecule has 0 atom stereocenters. The summed E-state index contributed by atoms with van der Waals surface area (Å²) >= 11 is 0. The smallest absolute Gasteiger partial charge is 0.193 e. The Bertz CT molecular complexity index is 105. The van der Waals surface area contributed by atoms with E-state index in [0.717, 1.165) is 19.0 Å². The molecule has 60 valence electrons. The molecule has 0 saturated heterocycles. The molecule has 0 spiro atoms. The molecule has 1 N–H and O–H groups in total. The summed E-state index contributed by atoms with van der Waals surface area (Å²) in [7, 11) is 3.69. The van der Waals surface area contributed by atoms with Crippen LogP contribution in [0.4, 0.5) is 0 Å². The van der Waals surface area contributed by atoms with E-state index in [1.54, 1.807) is 7.05 Å². The van der Waals surface area contributed by atoms with Crippen LogP contribution in [0.5, 0.6) is 0 Å². The molecule has 0 aromatic rings. The molecule has 0 unspecified atom stereocenters. The number of rotatable bonds is 2. The maximum Gasteiger partial charge on any atom is 0.193 e. The summed E-state index contributed by atoms with van der Waals surface area (Å²) in [5.41, 5.74) is 0. The Morgan fingerprint density at radius 3 is 2.00 bits per heavy atom. The van der Waals surface area contributed by atoms with Crippen molar-refractivity contribution in [3.63, 3.8) is 0 Å². The van der Waals surface area contributed by atoms with Crippen LogP contribution in [0.2, 0.25) is 0 Å². The molecule has 0 aliphatic heterocycles. The van der Waals surface area contributed by atoms with Crippen LogP contribution in [0.15, 0.2) is 4.99 Å². The lowest BCUT2D eigenvalue weighted by Crippen LogP contribution is -2.39. The van der Waals surface area contributed by atoms with E-state index in [1.807, 2.05) is 7.05 Å². The fraction of sp³-hybridized carbons (Fsp3) is 0.857. The van der Waals surface area contributed by atoms with E-state index < -0.39 is 0 Å². The Morgan fingerprint density at radius 1 is 1.40 bits per heavy atom. The van der Waals surface area contributed by atoms with Crippen molar-refractivity contribution < 1.29 is 0 Å². The van der Waals surface area contributed by atoms with Crippen LogP contribution in [0.1, 0.15) is 13.8 Å². The molecular weight excluding hydrogens is 126 g/mol. The number of nitrogens with one attached hydrogen (secondary N) is 1. The van der Waals surface area contributed by atoms with Crippen LogP contribution in [0, 0.1) is 0 Å². The zero-order valence-corrected chi connectivity index (χ0v) is 7.31. The van der Waals surface area contributed by atoms with E-state index in [9.17, 15) is 0 Å². The highest BCUT2D eigenvalue weighted by Gasteiger charge is 2.01. The highest BCUT2D eigenvalue weighted by Crippen LogP contribution is 1.86. The molecule has 0 bridgehead atoms. The minimum atomic E-state index is 0.963. The standard InChI is InChI=1S/C7H17N3/c1-5-10(6-2)7(8-3)9-4/h5-6H2,1-4H3,(H,8,9). The van der Waals surface area contributed by atoms with Gasteiger partial charge in [-0.3, -0.25) is 4.99 Å². The first-order chi connectivity index (χ1) is 4.79. The van der Waals surface area contributed by atoms with Crippen LogP contribution < -0.4 is 5.32 Å². The third-order valence-electron chi connectivity index (χ3n) is 1.50. The molecule has 0 amide bonds. The monoisotopic (exact) mass is 143 g/mol.